The van der Waals surface area contributed by atoms with Crippen molar-refractivity contribution in [3.63, 3.8) is 0 Å². The molecule has 0 saturated carbocycles. The summed E-state index contributed by atoms with van der Waals surface area (Å²) < 4.78 is 58.3. The molecule has 0 aromatic heterocycles. The minimum Gasteiger partial charge on any atom is -0.457 e. The summed E-state index contributed by atoms with van der Waals surface area (Å²) >= 11 is 0. The molecule has 6 atom stereocenters. The SMILES string of the molecule is CCCCC/C=C\C/C=C\CCCCCCCCOCC(COC1OC(CO)C(O)C(OS(=O)(=O)O)C1O)OC(=O)CCCCCC. The number of aliphatic hydroxyl groups excluding tert-OH is 3. The van der Waals surface area contributed by atoms with Gasteiger partial charge in [0.1, 0.15) is 30.5 Å². The summed E-state index contributed by atoms with van der Waals surface area (Å²) in [6.07, 6.45) is 17.2. The first-order valence-corrected chi connectivity index (χ1v) is 19.0. The zero-order chi connectivity index (χ0) is 34.8. The van der Waals surface area contributed by atoms with E-state index in [0.717, 1.165) is 57.8 Å². The van der Waals surface area contributed by atoms with Gasteiger partial charge >= 0.3 is 16.4 Å². The lowest BCUT2D eigenvalue weighted by molar-refractivity contribution is -0.301. The predicted molar refractivity (Wildman–Crippen MR) is 179 cm³/mol. The monoisotopic (exact) mass is 694 g/mol. The number of aliphatic hydroxyl groups is 3. The number of allylic oxidation sites excluding steroid dienone is 4. The number of esters is 1. The van der Waals surface area contributed by atoms with Gasteiger partial charge in [0.05, 0.1) is 19.8 Å². The van der Waals surface area contributed by atoms with Crippen LogP contribution in [0.4, 0.5) is 0 Å². The summed E-state index contributed by atoms with van der Waals surface area (Å²) in [5.41, 5.74) is 0. The van der Waals surface area contributed by atoms with Crippen molar-refractivity contribution in [3.05, 3.63) is 24.3 Å². The molecule has 1 saturated heterocycles. The van der Waals surface area contributed by atoms with Gasteiger partial charge in [0.25, 0.3) is 0 Å². The first kappa shape index (κ1) is 43.6. The summed E-state index contributed by atoms with van der Waals surface area (Å²) in [5, 5.41) is 30.3. The maximum absolute atomic E-state index is 12.5. The van der Waals surface area contributed by atoms with Gasteiger partial charge in [-0.3, -0.25) is 9.35 Å². The summed E-state index contributed by atoms with van der Waals surface area (Å²) in [7, 11) is -5.05. The fourth-order valence-corrected chi connectivity index (χ4v) is 5.62. The van der Waals surface area contributed by atoms with Crippen LogP contribution in [0.3, 0.4) is 0 Å². The summed E-state index contributed by atoms with van der Waals surface area (Å²) in [6, 6.07) is 0. The third kappa shape index (κ3) is 22.0. The van der Waals surface area contributed by atoms with Crippen molar-refractivity contribution in [1.82, 2.24) is 0 Å². The third-order valence-electron chi connectivity index (χ3n) is 7.83. The second kappa shape index (κ2) is 27.4. The highest BCUT2D eigenvalue weighted by Gasteiger charge is 2.48. The van der Waals surface area contributed by atoms with Crippen molar-refractivity contribution in [2.24, 2.45) is 0 Å². The third-order valence-corrected chi connectivity index (χ3v) is 8.29. The molecule has 1 aliphatic heterocycles. The van der Waals surface area contributed by atoms with Gasteiger partial charge in [-0.2, -0.15) is 8.42 Å². The number of unbranched alkanes of at least 4 members (excludes halogenated alkanes) is 12. The van der Waals surface area contributed by atoms with E-state index >= 15 is 0 Å². The fraction of sp³-hybridized carbons (Fsp3) is 0.853. The largest absolute Gasteiger partial charge is 0.457 e. The van der Waals surface area contributed by atoms with Crippen molar-refractivity contribution < 1.29 is 56.2 Å². The van der Waals surface area contributed by atoms with E-state index in [0.29, 0.717) is 13.0 Å². The molecule has 1 rings (SSSR count). The molecule has 6 unspecified atom stereocenters. The Morgan fingerprint density at radius 1 is 0.809 bits per heavy atom. The molecule has 0 aromatic rings. The van der Waals surface area contributed by atoms with E-state index < -0.39 is 59.8 Å². The number of carbonyl (C=O) groups excluding carboxylic acids is 1. The number of hydrogen-bond acceptors (Lipinski definition) is 11. The maximum Gasteiger partial charge on any atom is 0.397 e. The van der Waals surface area contributed by atoms with Gasteiger partial charge in [-0.05, 0) is 44.9 Å². The number of carbonyl (C=O) groups is 1. The van der Waals surface area contributed by atoms with E-state index in [9.17, 15) is 28.5 Å². The van der Waals surface area contributed by atoms with Crippen molar-refractivity contribution in [1.29, 1.82) is 0 Å². The van der Waals surface area contributed by atoms with Crippen LogP contribution in [0, 0.1) is 0 Å². The van der Waals surface area contributed by atoms with Crippen LogP contribution in [-0.4, -0.2) is 97.5 Å². The van der Waals surface area contributed by atoms with Crippen LogP contribution in [0.15, 0.2) is 24.3 Å². The van der Waals surface area contributed by atoms with Crippen LogP contribution in [0.25, 0.3) is 0 Å². The first-order chi connectivity index (χ1) is 22.6. The molecular weight excluding hydrogens is 632 g/mol. The molecule has 0 radical (unpaired) electrons. The Kier molecular flexibility index (Phi) is 25.4. The highest BCUT2D eigenvalue weighted by atomic mass is 32.3. The topological polar surface area (TPSA) is 178 Å². The second-order valence-corrected chi connectivity index (χ2v) is 13.2. The maximum atomic E-state index is 12.5. The molecule has 1 heterocycles. The molecule has 0 spiro atoms. The molecule has 1 fully saturated rings. The molecule has 12 nitrogen and oxygen atoms in total. The average Bonchev–Trinajstić information content (AvgIpc) is 3.03. The highest BCUT2D eigenvalue weighted by Crippen LogP contribution is 2.26. The van der Waals surface area contributed by atoms with E-state index in [1.807, 2.05) is 0 Å². The van der Waals surface area contributed by atoms with Crippen molar-refractivity contribution in [3.8, 4) is 0 Å². The van der Waals surface area contributed by atoms with Crippen LogP contribution in [0.1, 0.15) is 123 Å². The summed E-state index contributed by atoms with van der Waals surface area (Å²) in [6.45, 7) is 3.76. The van der Waals surface area contributed by atoms with Crippen molar-refractivity contribution in [2.45, 2.75) is 160 Å². The van der Waals surface area contributed by atoms with Crippen molar-refractivity contribution in [2.75, 3.05) is 26.4 Å². The zero-order valence-corrected chi connectivity index (χ0v) is 29.4. The Bertz CT molecular complexity index is 941. The van der Waals surface area contributed by atoms with Crippen molar-refractivity contribution >= 4 is 16.4 Å². The molecule has 276 valence electrons. The summed E-state index contributed by atoms with van der Waals surface area (Å²) in [5.74, 6) is -0.423. The molecule has 4 N–H and O–H groups in total. The number of ether oxygens (including phenoxy) is 4. The van der Waals surface area contributed by atoms with Gasteiger partial charge in [0, 0.05) is 13.0 Å². The quantitative estimate of drug-likeness (QED) is 0.0342. The van der Waals surface area contributed by atoms with Crippen LogP contribution in [0.5, 0.6) is 0 Å². The molecule has 13 heteroatoms. The van der Waals surface area contributed by atoms with E-state index in [1.165, 1.54) is 38.5 Å². The van der Waals surface area contributed by atoms with E-state index in [1.54, 1.807) is 0 Å². The van der Waals surface area contributed by atoms with Gasteiger partial charge in [-0.15, -0.1) is 0 Å². The smallest absolute Gasteiger partial charge is 0.397 e. The molecule has 0 aromatic carbocycles. The normalized spacial score (nSPS) is 22.7. The Morgan fingerprint density at radius 2 is 1.40 bits per heavy atom. The van der Waals surface area contributed by atoms with Crippen LogP contribution < -0.4 is 0 Å². The lowest BCUT2D eigenvalue weighted by Crippen LogP contribution is -2.60. The highest BCUT2D eigenvalue weighted by molar-refractivity contribution is 7.80. The molecule has 1 aliphatic rings. The van der Waals surface area contributed by atoms with Gasteiger partial charge in [-0.1, -0.05) is 95.9 Å². The minimum atomic E-state index is -5.05. The lowest BCUT2D eigenvalue weighted by Gasteiger charge is -2.41. The standard InChI is InChI=1S/C34H62O12S/c1-3-5-7-9-10-11-12-13-14-15-16-17-18-19-20-22-24-42-26-28(44-30(36)23-21-8-6-4-2)27-43-34-32(38)33(46-47(39,40)41)31(37)29(25-35)45-34/h10-11,13-14,28-29,31-35,37-38H,3-9,12,15-27H2,1-2H3,(H,39,40,41)/b11-10-,14-13-. The minimum absolute atomic E-state index is 0.0286. The predicted octanol–water partition coefficient (Wildman–Crippen LogP) is 5.34. The van der Waals surface area contributed by atoms with E-state index in [4.69, 9.17) is 23.5 Å². The zero-order valence-electron chi connectivity index (χ0n) is 28.6. The Hall–Kier alpha value is -1.42. The fourth-order valence-electron chi connectivity index (χ4n) is 5.11. The van der Waals surface area contributed by atoms with Crippen LogP contribution >= 0.6 is 0 Å². The van der Waals surface area contributed by atoms with E-state index in [2.05, 4.69) is 42.3 Å². The van der Waals surface area contributed by atoms with E-state index in [-0.39, 0.29) is 19.6 Å². The molecule has 0 amide bonds. The number of rotatable bonds is 29. The molecule has 47 heavy (non-hydrogen) atoms. The Balaban J connectivity index is 2.43. The Morgan fingerprint density at radius 3 is 2.04 bits per heavy atom. The first-order valence-electron chi connectivity index (χ1n) is 17.6. The van der Waals surface area contributed by atoms with Gasteiger partial charge < -0.3 is 34.3 Å². The Labute approximate surface area is 282 Å². The molecular formula is C34H62O12S. The molecule has 0 aliphatic carbocycles. The molecule has 0 bridgehead atoms. The van der Waals surface area contributed by atoms with Crippen LogP contribution in [0.2, 0.25) is 0 Å². The van der Waals surface area contributed by atoms with Gasteiger partial charge in [0.15, 0.2) is 6.29 Å². The number of hydrogen-bond donors (Lipinski definition) is 4. The average molecular weight is 695 g/mol. The van der Waals surface area contributed by atoms with Crippen LogP contribution in [-0.2, 0) is 38.3 Å². The second-order valence-electron chi connectivity index (χ2n) is 12.1. The van der Waals surface area contributed by atoms with Gasteiger partial charge in [0.2, 0.25) is 0 Å². The van der Waals surface area contributed by atoms with Gasteiger partial charge in [-0.25, -0.2) is 4.18 Å². The lowest BCUT2D eigenvalue weighted by atomic mass is 9.99. The summed E-state index contributed by atoms with van der Waals surface area (Å²) in [4.78, 5) is 12.5.